The number of ether oxygens (including phenoxy) is 2. The van der Waals surface area contributed by atoms with Crippen LogP contribution in [0.4, 0.5) is 0 Å². The lowest BCUT2D eigenvalue weighted by Crippen LogP contribution is -2.25. The highest BCUT2D eigenvalue weighted by molar-refractivity contribution is 9.11. The van der Waals surface area contributed by atoms with E-state index in [0.717, 1.165) is 25.6 Å². The van der Waals surface area contributed by atoms with Gasteiger partial charge in [0.05, 0.1) is 17.8 Å². The highest BCUT2D eigenvalue weighted by Gasteiger charge is 2.17. The fraction of sp³-hybridized carbons (Fsp3) is 0.300. The molecule has 0 spiro atoms. The molecule has 0 aromatic heterocycles. The molecule has 2 aromatic carbocycles. The van der Waals surface area contributed by atoms with E-state index in [4.69, 9.17) is 9.47 Å². The van der Waals surface area contributed by atoms with Crippen molar-refractivity contribution in [3.8, 4) is 11.5 Å². The second-order valence-electron chi connectivity index (χ2n) is 6.19. The number of nitrogens with one attached hydrogen (secondary N) is 1. The molecule has 0 fully saturated rings. The summed E-state index contributed by atoms with van der Waals surface area (Å²) in [4.78, 5) is 12.1. The molecule has 7 heteroatoms. The van der Waals surface area contributed by atoms with Gasteiger partial charge in [-0.05, 0) is 58.1 Å². The van der Waals surface area contributed by atoms with Crippen LogP contribution in [0, 0.1) is 6.92 Å². The van der Waals surface area contributed by atoms with Crippen LogP contribution in [0.3, 0.4) is 0 Å². The summed E-state index contributed by atoms with van der Waals surface area (Å²) in [5.41, 5.74) is 5.28. The summed E-state index contributed by atoms with van der Waals surface area (Å²) in [7, 11) is 1.59. The van der Waals surface area contributed by atoms with Crippen LogP contribution in [0.5, 0.6) is 11.5 Å². The van der Waals surface area contributed by atoms with E-state index in [1.807, 2.05) is 37.3 Å². The van der Waals surface area contributed by atoms with E-state index in [-0.39, 0.29) is 18.4 Å². The molecule has 0 bridgehead atoms. The van der Waals surface area contributed by atoms with E-state index in [1.165, 1.54) is 6.21 Å². The molecule has 1 amide bonds. The van der Waals surface area contributed by atoms with Crippen LogP contribution < -0.4 is 14.9 Å². The number of methoxy groups -OCH3 is 1. The minimum absolute atomic E-state index is 0.136. The summed E-state index contributed by atoms with van der Waals surface area (Å²) in [5, 5.41) is 3.97. The Kier molecular flexibility index (Phi) is 7.86. The molecule has 0 radical (unpaired) electrons. The molecule has 0 heterocycles. The SMILES string of the molecule is COc1ccccc1/C=N/NC(=O)COc1c(C(C)C)cc(Br)c(C)c1Br. The van der Waals surface area contributed by atoms with Crippen molar-refractivity contribution in [2.24, 2.45) is 5.10 Å². The summed E-state index contributed by atoms with van der Waals surface area (Å²) < 4.78 is 12.9. The van der Waals surface area contributed by atoms with Gasteiger partial charge < -0.3 is 9.47 Å². The van der Waals surface area contributed by atoms with Crippen molar-refractivity contribution in [2.75, 3.05) is 13.7 Å². The molecule has 1 N–H and O–H groups in total. The highest BCUT2D eigenvalue weighted by Crippen LogP contribution is 2.40. The first-order valence-corrected chi connectivity index (χ1v) is 10.00. The molecular weight excluding hydrogens is 476 g/mol. The Balaban J connectivity index is 2.04. The van der Waals surface area contributed by atoms with E-state index in [0.29, 0.717) is 11.5 Å². The number of hydrazone groups is 1. The van der Waals surface area contributed by atoms with Gasteiger partial charge in [-0.3, -0.25) is 4.79 Å². The fourth-order valence-corrected chi connectivity index (χ4v) is 3.67. The molecule has 0 aliphatic rings. The van der Waals surface area contributed by atoms with E-state index in [9.17, 15) is 4.79 Å². The zero-order valence-electron chi connectivity index (χ0n) is 15.7. The molecule has 0 saturated carbocycles. The number of halogens is 2. The van der Waals surface area contributed by atoms with Gasteiger partial charge >= 0.3 is 0 Å². The average Bonchev–Trinajstić information content (AvgIpc) is 2.65. The summed E-state index contributed by atoms with van der Waals surface area (Å²) in [5.74, 6) is 1.26. The van der Waals surface area contributed by atoms with Crippen molar-refractivity contribution in [3.05, 3.63) is 56.0 Å². The van der Waals surface area contributed by atoms with Gasteiger partial charge in [0.15, 0.2) is 6.61 Å². The van der Waals surface area contributed by atoms with Gasteiger partial charge in [0.25, 0.3) is 5.91 Å². The third kappa shape index (κ3) is 5.56. The monoisotopic (exact) mass is 496 g/mol. The summed E-state index contributed by atoms with van der Waals surface area (Å²) in [6.45, 7) is 5.99. The molecule has 5 nitrogen and oxygen atoms in total. The molecule has 0 aliphatic carbocycles. The molecule has 0 aliphatic heterocycles. The van der Waals surface area contributed by atoms with Crippen LogP contribution in [0.2, 0.25) is 0 Å². The van der Waals surface area contributed by atoms with Gasteiger partial charge in [0.2, 0.25) is 0 Å². The van der Waals surface area contributed by atoms with Gasteiger partial charge in [-0.1, -0.05) is 41.9 Å². The Hall–Kier alpha value is -1.86. The van der Waals surface area contributed by atoms with Gasteiger partial charge in [-0.25, -0.2) is 5.43 Å². The van der Waals surface area contributed by atoms with Crippen molar-refractivity contribution >= 4 is 44.0 Å². The lowest BCUT2D eigenvalue weighted by Gasteiger charge is -2.18. The summed E-state index contributed by atoms with van der Waals surface area (Å²) in [6, 6.07) is 9.44. The standard InChI is InChI=1S/C20H22Br2N2O3/c1-12(2)15-9-16(21)13(3)19(22)20(15)27-11-18(25)24-23-10-14-7-5-6-8-17(14)26-4/h5-10,12H,11H2,1-4H3,(H,24,25)/b23-10+. The number of benzene rings is 2. The lowest BCUT2D eigenvalue weighted by molar-refractivity contribution is -0.123. The van der Waals surface area contributed by atoms with Crippen molar-refractivity contribution in [1.29, 1.82) is 0 Å². The zero-order chi connectivity index (χ0) is 20.0. The minimum Gasteiger partial charge on any atom is -0.496 e. The van der Waals surface area contributed by atoms with E-state index in [1.54, 1.807) is 7.11 Å². The normalized spacial score (nSPS) is 11.1. The number of rotatable bonds is 7. The first-order valence-electron chi connectivity index (χ1n) is 8.41. The third-order valence-electron chi connectivity index (χ3n) is 3.93. The maximum Gasteiger partial charge on any atom is 0.277 e. The Labute approximate surface area is 176 Å². The van der Waals surface area contributed by atoms with E-state index in [2.05, 4.69) is 56.2 Å². The van der Waals surface area contributed by atoms with Crippen LogP contribution in [0.15, 0.2) is 44.4 Å². The number of nitrogens with zero attached hydrogens (tertiary/aromatic N) is 1. The zero-order valence-corrected chi connectivity index (χ0v) is 18.8. The summed E-state index contributed by atoms with van der Waals surface area (Å²) >= 11 is 7.12. The fourth-order valence-electron chi connectivity index (χ4n) is 2.40. The van der Waals surface area contributed by atoms with Crippen LogP contribution in [0.1, 0.15) is 36.5 Å². The van der Waals surface area contributed by atoms with Crippen LogP contribution in [-0.4, -0.2) is 25.8 Å². The van der Waals surface area contributed by atoms with Crippen molar-refractivity contribution in [2.45, 2.75) is 26.7 Å². The van der Waals surface area contributed by atoms with Gasteiger partial charge in [-0.15, -0.1) is 0 Å². The van der Waals surface area contributed by atoms with Crippen molar-refractivity contribution in [1.82, 2.24) is 5.43 Å². The number of amides is 1. The topological polar surface area (TPSA) is 59.9 Å². The third-order valence-corrected chi connectivity index (χ3v) is 5.71. The number of para-hydroxylation sites is 1. The Morgan fingerprint density at radius 3 is 2.67 bits per heavy atom. The van der Waals surface area contributed by atoms with E-state index < -0.39 is 0 Å². The molecule has 2 rings (SSSR count). The smallest absolute Gasteiger partial charge is 0.277 e. The van der Waals surface area contributed by atoms with Crippen LogP contribution >= 0.6 is 31.9 Å². The molecule has 0 saturated heterocycles. The first-order chi connectivity index (χ1) is 12.8. The summed E-state index contributed by atoms with van der Waals surface area (Å²) in [6.07, 6.45) is 1.54. The van der Waals surface area contributed by atoms with E-state index >= 15 is 0 Å². The van der Waals surface area contributed by atoms with Gasteiger partial charge in [-0.2, -0.15) is 5.10 Å². The Bertz CT molecular complexity index is 851. The number of hydrogen-bond acceptors (Lipinski definition) is 4. The molecule has 144 valence electrons. The largest absolute Gasteiger partial charge is 0.496 e. The molecule has 0 unspecified atom stereocenters. The Morgan fingerprint density at radius 2 is 2.00 bits per heavy atom. The van der Waals surface area contributed by atoms with Crippen molar-refractivity contribution in [3.63, 3.8) is 0 Å². The number of carbonyl (C=O) groups is 1. The molecule has 0 atom stereocenters. The van der Waals surface area contributed by atoms with Gasteiger partial charge in [0, 0.05) is 10.0 Å². The minimum atomic E-state index is -0.344. The first kappa shape index (κ1) is 21.4. The number of hydrogen-bond donors (Lipinski definition) is 1. The predicted molar refractivity (Wildman–Crippen MR) is 115 cm³/mol. The Morgan fingerprint density at radius 1 is 1.30 bits per heavy atom. The second-order valence-corrected chi connectivity index (χ2v) is 7.84. The molecular formula is C20H22Br2N2O3. The molecule has 2 aromatic rings. The van der Waals surface area contributed by atoms with Crippen LogP contribution in [-0.2, 0) is 4.79 Å². The second kappa shape index (κ2) is 9.90. The van der Waals surface area contributed by atoms with Crippen molar-refractivity contribution < 1.29 is 14.3 Å². The maximum absolute atomic E-state index is 12.1. The van der Waals surface area contributed by atoms with Crippen LogP contribution in [0.25, 0.3) is 0 Å². The van der Waals surface area contributed by atoms with Gasteiger partial charge in [0.1, 0.15) is 11.5 Å². The maximum atomic E-state index is 12.1. The quantitative estimate of drug-likeness (QED) is 0.423. The highest BCUT2D eigenvalue weighted by atomic mass is 79.9. The average molecular weight is 498 g/mol. The predicted octanol–water partition coefficient (Wildman–Crippen LogP) is 5.18. The number of carbonyl (C=O) groups excluding carboxylic acids is 1. The lowest BCUT2D eigenvalue weighted by atomic mass is 10.0. The molecule has 27 heavy (non-hydrogen) atoms.